The molecule has 2 bridgehead atoms. The van der Waals surface area contributed by atoms with Gasteiger partial charge >= 0.3 is 6.18 Å². The van der Waals surface area contributed by atoms with Gasteiger partial charge in [-0.3, -0.25) is 19.3 Å². The summed E-state index contributed by atoms with van der Waals surface area (Å²) in [4.78, 5) is 31.6. The van der Waals surface area contributed by atoms with Crippen LogP contribution in [0.3, 0.4) is 0 Å². The molecule has 47 heavy (non-hydrogen) atoms. The standard InChI is InChI=1S/C32H27Cl2F3N8O2/c1-17-3-2-4-27(24-11-18(9-10-38-24)30-25(40-31(17)47)14-39-45(30)20-6-7-20)43-15-23(32(35,36)37)21(13-29(43)46)22-12-19(33)5-8-26(22)44-16-28(34)41-42-44/h5,8-17,20,27H,2-4,6-7H2,1H3,(H,40,47)/t17-,27+/m1/s1. The number of alkyl halides is 3. The first-order valence-corrected chi connectivity index (χ1v) is 15.8. The third-order valence-electron chi connectivity index (χ3n) is 8.59. The molecule has 1 aromatic carbocycles. The number of nitrogens with one attached hydrogen (secondary N) is 1. The van der Waals surface area contributed by atoms with E-state index < -0.39 is 29.3 Å². The van der Waals surface area contributed by atoms with Gasteiger partial charge in [0, 0.05) is 46.1 Å². The van der Waals surface area contributed by atoms with Crippen molar-refractivity contribution in [3.8, 4) is 28.1 Å². The molecule has 15 heteroatoms. The van der Waals surface area contributed by atoms with Crippen LogP contribution in [0, 0.1) is 5.92 Å². The number of benzene rings is 1. The highest BCUT2D eigenvalue weighted by Gasteiger charge is 2.37. The van der Waals surface area contributed by atoms with Crippen molar-refractivity contribution in [1.29, 1.82) is 0 Å². The van der Waals surface area contributed by atoms with Crippen molar-refractivity contribution in [1.82, 2.24) is 34.3 Å². The van der Waals surface area contributed by atoms with E-state index in [1.165, 1.54) is 29.1 Å². The molecule has 10 nitrogen and oxygen atoms in total. The van der Waals surface area contributed by atoms with Crippen LogP contribution in [0.15, 0.2) is 66.0 Å². The number of fused-ring (bicyclic) bond motifs is 4. The van der Waals surface area contributed by atoms with Gasteiger partial charge in [0.05, 0.1) is 52.8 Å². The van der Waals surface area contributed by atoms with Crippen LogP contribution in [0.25, 0.3) is 28.1 Å². The maximum absolute atomic E-state index is 14.9. The van der Waals surface area contributed by atoms with Crippen LogP contribution in [0.5, 0.6) is 0 Å². The quantitative estimate of drug-likeness (QED) is 0.212. The minimum Gasteiger partial charge on any atom is -0.323 e. The molecule has 0 unspecified atom stereocenters. The second-order valence-electron chi connectivity index (χ2n) is 11.9. The molecular weight excluding hydrogens is 656 g/mol. The monoisotopic (exact) mass is 682 g/mol. The zero-order chi connectivity index (χ0) is 33.0. The van der Waals surface area contributed by atoms with Crippen molar-refractivity contribution in [2.75, 3.05) is 5.32 Å². The second kappa shape index (κ2) is 11.9. The van der Waals surface area contributed by atoms with Gasteiger partial charge in [-0.05, 0) is 56.0 Å². The molecule has 5 heterocycles. The second-order valence-corrected chi connectivity index (χ2v) is 12.7. The number of amides is 1. The van der Waals surface area contributed by atoms with E-state index in [0.29, 0.717) is 35.5 Å². The summed E-state index contributed by atoms with van der Waals surface area (Å²) in [5.41, 5.74) is 0.476. The first-order chi connectivity index (χ1) is 22.5. The van der Waals surface area contributed by atoms with Gasteiger partial charge in [0.15, 0.2) is 5.15 Å². The molecule has 2 aliphatic rings. The van der Waals surface area contributed by atoms with Gasteiger partial charge in [-0.15, -0.1) is 5.10 Å². The van der Waals surface area contributed by atoms with E-state index >= 15 is 0 Å². The van der Waals surface area contributed by atoms with E-state index in [1.54, 1.807) is 31.5 Å². The van der Waals surface area contributed by atoms with E-state index in [-0.39, 0.29) is 45.4 Å². The fraction of sp³-hybridized carbons (Fsp3) is 0.312. The van der Waals surface area contributed by atoms with E-state index in [1.807, 2.05) is 4.68 Å². The highest BCUT2D eigenvalue weighted by atomic mass is 35.5. The number of hydrogen-bond acceptors (Lipinski definition) is 6. The highest BCUT2D eigenvalue weighted by Crippen LogP contribution is 2.43. The van der Waals surface area contributed by atoms with E-state index in [2.05, 4.69) is 25.7 Å². The summed E-state index contributed by atoms with van der Waals surface area (Å²) in [6.45, 7) is 1.80. The van der Waals surface area contributed by atoms with Crippen LogP contribution in [0.4, 0.5) is 18.9 Å². The smallest absolute Gasteiger partial charge is 0.323 e. The van der Waals surface area contributed by atoms with E-state index in [9.17, 15) is 22.8 Å². The Balaban J connectivity index is 1.40. The average molecular weight is 684 g/mol. The lowest BCUT2D eigenvalue weighted by atomic mass is 9.95. The lowest BCUT2D eigenvalue weighted by Gasteiger charge is -2.24. The summed E-state index contributed by atoms with van der Waals surface area (Å²) in [5, 5.41) is 15.4. The van der Waals surface area contributed by atoms with Crippen LogP contribution < -0.4 is 10.9 Å². The highest BCUT2D eigenvalue weighted by molar-refractivity contribution is 6.31. The predicted octanol–water partition coefficient (Wildman–Crippen LogP) is 7.36. The number of rotatable bonds is 4. The van der Waals surface area contributed by atoms with Crippen molar-refractivity contribution in [2.24, 2.45) is 5.92 Å². The molecule has 0 saturated heterocycles. The summed E-state index contributed by atoms with van der Waals surface area (Å²) in [6.07, 6.45) is 3.55. The molecular formula is C32H27Cl2F3N8O2. The fourth-order valence-electron chi connectivity index (χ4n) is 6.07. The lowest BCUT2D eigenvalue weighted by molar-refractivity contribution is -0.137. The maximum Gasteiger partial charge on any atom is 0.418 e. The molecule has 2 atom stereocenters. The van der Waals surface area contributed by atoms with Crippen molar-refractivity contribution in [2.45, 2.75) is 57.3 Å². The van der Waals surface area contributed by atoms with Gasteiger partial charge in [-0.1, -0.05) is 41.8 Å². The molecule has 5 aromatic rings. The third kappa shape index (κ3) is 6.05. The molecule has 1 aliphatic carbocycles. The van der Waals surface area contributed by atoms with Gasteiger partial charge in [-0.2, -0.15) is 18.3 Å². The Morgan fingerprint density at radius 2 is 1.79 bits per heavy atom. The summed E-state index contributed by atoms with van der Waals surface area (Å²) < 4.78 is 48.9. The SMILES string of the molecule is C[C@@H]1CCC[C@H](n2cc(C(F)(F)F)c(-c3cc(Cl)ccc3-n3cc(Cl)nn3)cc2=O)c2cc(ccn2)-c2c(cnn2C2CC2)NC1=O. The Morgan fingerprint density at radius 3 is 2.51 bits per heavy atom. The van der Waals surface area contributed by atoms with Gasteiger partial charge in [0.25, 0.3) is 5.56 Å². The van der Waals surface area contributed by atoms with Crippen LogP contribution in [0.2, 0.25) is 10.2 Å². The Labute approximate surface area is 276 Å². The molecule has 1 saturated carbocycles. The topological polar surface area (TPSA) is 113 Å². The number of carbonyl (C=O) groups excluding carboxylic acids is 1. The van der Waals surface area contributed by atoms with Crippen molar-refractivity contribution in [3.63, 3.8) is 0 Å². The zero-order valence-electron chi connectivity index (χ0n) is 24.9. The molecule has 242 valence electrons. The zero-order valence-corrected chi connectivity index (χ0v) is 26.4. The maximum atomic E-state index is 14.9. The van der Waals surface area contributed by atoms with Crippen LogP contribution in [-0.2, 0) is 11.0 Å². The molecule has 1 N–H and O–H groups in total. The summed E-state index contributed by atoms with van der Waals surface area (Å²) in [6, 6.07) is 8.14. The van der Waals surface area contributed by atoms with E-state index in [4.69, 9.17) is 23.2 Å². The Morgan fingerprint density at radius 1 is 0.979 bits per heavy atom. The fourth-order valence-corrected chi connectivity index (χ4v) is 6.37. The van der Waals surface area contributed by atoms with Crippen LogP contribution >= 0.6 is 23.2 Å². The number of halogens is 5. The van der Waals surface area contributed by atoms with Crippen LogP contribution in [0.1, 0.15) is 62.4 Å². The van der Waals surface area contributed by atoms with Crippen molar-refractivity contribution in [3.05, 3.63) is 93.0 Å². The normalized spacial score (nSPS) is 18.6. The largest absolute Gasteiger partial charge is 0.418 e. The van der Waals surface area contributed by atoms with Crippen molar-refractivity contribution < 1.29 is 18.0 Å². The molecule has 0 spiro atoms. The van der Waals surface area contributed by atoms with Gasteiger partial charge in [-0.25, -0.2) is 4.68 Å². The summed E-state index contributed by atoms with van der Waals surface area (Å²) in [7, 11) is 0. The molecule has 4 aromatic heterocycles. The number of hydrogen-bond donors (Lipinski definition) is 1. The van der Waals surface area contributed by atoms with Crippen LogP contribution in [-0.4, -0.2) is 40.2 Å². The first-order valence-electron chi connectivity index (χ1n) is 15.0. The average Bonchev–Trinajstić information content (AvgIpc) is 3.65. The molecule has 1 amide bonds. The minimum absolute atomic E-state index is 0.0233. The third-order valence-corrected chi connectivity index (χ3v) is 9.00. The predicted molar refractivity (Wildman–Crippen MR) is 170 cm³/mol. The Kier molecular flexibility index (Phi) is 7.91. The number of anilines is 1. The van der Waals surface area contributed by atoms with E-state index in [0.717, 1.165) is 29.7 Å². The van der Waals surface area contributed by atoms with Gasteiger partial charge < -0.3 is 9.88 Å². The summed E-state index contributed by atoms with van der Waals surface area (Å²) >= 11 is 12.2. The molecule has 1 aliphatic heterocycles. The summed E-state index contributed by atoms with van der Waals surface area (Å²) in [5.74, 6) is -0.574. The van der Waals surface area contributed by atoms with Gasteiger partial charge in [0.2, 0.25) is 5.91 Å². The Bertz CT molecular complexity index is 2070. The Hall–Kier alpha value is -4.49. The minimum atomic E-state index is -4.86. The first kappa shape index (κ1) is 31.1. The number of aromatic nitrogens is 7. The molecule has 0 radical (unpaired) electrons. The number of pyridine rings is 2. The number of nitrogens with zero attached hydrogens (tertiary/aromatic N) is 7. The lowest BCUT2D eigenvalue weighted by Crippen LogP contribution is -2.28. The molecule has 7 rings (SSSR count). The van der Waals surface area contributed by atoms with Crippen molar-refractivity contribution >= 4 is 34.8 Å². The number of carbonyl (C=O) groups is 1. The van der Waals surface area contributed by atoms with Gasteiger partial charge in [0.1, 0.15) is 0 Å². The molecule has 1 fully saturated rings.